The van der Waals surface area contributed by atoms with Gasteiger partial charge in [-0.25, -0.2) is 15.0 Å². The Hall–Kier alpha value is -2.41. The molecule has 2 heterocycles. The van der Waals surface area contributed by atoms with Crippen molar-refractivity contribution in [1.29, 1.82) is 0 Å². The van der Waals surface area contributed by atoms with E-state index in [4.69, 9.17) is 4.74 Å². The fraction of sp³-hybridized carbons (Fsp3) is 0.250. The highest BCUT2D eigenvalue weighted by Gasteiger charge is 2.23. The number of ether oxygens (including phenoxy) is 1. The third-order valence-electron chi connectivity index (χ3n) is 3.45. The molecule has 7 heteroatoms. The van der Waals surface area contributed by atoms with Crippen molar-refractivity contribution in [2.45, 2.75) is 23.6 Å². The van der Waals surface area contributed by atoms with Crippen molar-refractivity contribution in [2.24, 2.45) is 0 Å². The molecule has 1 aromatic carbocycles. The summed E-state index contributed by atoms with van der Waals surface area (Å²) < 4.78 is 4.95. The van der Waals surface area contributed by atoms with Gasteiger partial charge in [-0.2, -0.15) is 0 Å². The zero-order valence-electron chi connectivity index (χ0n) is 12.8. The molecule has 0 radical (unpaired) electrons. The molecule has 3 aromatic rings. The molecule has 0 saturated heterocycles. The number of aromatic nitrogens is 4. The van der Waals surface area contributed by atoms with Crippen molar-refractivity contribution < 1.29 is 9.53 Å². The second-order valence-electron chi connectivity index (χ2n) is 5.10. The predicted molar refractivity (Wildman–Crippen MR) is 88.2 cm³/mol. The first-order chi connectivity index (χ1) is 11.2. The van der Waals surface area contributed by atoms with Gasteiger partial charge >= 0.3 is 5.97 Å². The van der Waals surface area contributed by atoms with E-state index < -0.39 is 0 Å². The van der Waals surface area contributed by atoms with E-state index >= 15 is 0 Å². The van der Waals surface area contributed by atoms with Gasteiger partial charge in [-0.3, -0.25) is 4.79 Å². The van der Waals surface area contributed by atoms with Gasteiger partial charge in [-0.1, -0.05) is 41.6 Å². The average molecular weight is 328 g/mol. The lowest BCUT2D eigenvalue weighted by atomic mass is 10.1. The number of carbonyl (C=O) groups is 1. The fourth-order valence-corrected chi connectivity index (χ4v) is 3.32. The van der Waals surface area contributed by atoms with Gasteiger partial charge in [0.2, 0.25) is 0 Å². The summed E-state index contributed by atoms with van der Waals surface area (Å²) in [6.45, 7) is 2.03. The Morgan fingerprint density at radius 3 is 2.78 bits per heavy atom. The van der Waals surface area contributed by atoms with Crippen molar-refractivity contribution in [3.63, 3.8) is 0 Å². The second-order valence-corrected chi connectivity index (χ2v) is 6.29. The van der Waals surface area contributed by atoms with Gasteiger partial charge in [0.1, 0.15) is 22.1 Å². The molecule has 0 unspecified atom stereocenters. The number of aromatic amines is 1. The van der Waals surface area contributed by atoms with Gasteiger partial charge in [0, 0.05) is 0 Å². The van der Waals surface area contributed by atoms with Gasteiger partial charge < -0.3 is 9.72 Å². The number of hydrogen-bond donors (Lipinski definition) is 1. The van der Waals surface area contributed by atoms with Gasteiger partial charge in [-0.05, 0) is 18.9 Å². The van der Waals surface area contributed by atoms with Crippen LogP contribution >= 0.6 is 11.8 Å². The maximum Gasteiger partial charge on any atom is 0.319 e. The van der Waals surface area contributed by atoms with Crippen LogP contribution in [0.3, 0.4) is 0 Å². The average Bonchev–Trinajstić information content (AvgIpc) is 3.05. The van der Waals surface area contributed by atoms with E-state index in [2.05, 4.69) is 19.9 Å². The summed E-state index contributed by atoms with van der Waals surface area (Å²) >= 11 is 1.36. The summed E-state index contributed by atoms with van der Waals surface area (Å²) in [7, 11) is 1.40. The number of H-pyrrole nitrogens is 1. The smallest absolute Gasteiger partial charge is 0.319 e. The predicted octanol–water partition coefficient (Wildman–Crippen LogP) is 2.54. The minimum absolute atomic E-state index is 0.276. The molecule has 118 valence electrons. The number of fused-ring (bicyclic) bond motifs is 1. The van der Waals surface area contributed by atoms with E-state index in [1.807, 2.05) is 31.2 Å². The number of carbonyl (C=O) groups excluding carboxylic acids is 1. The Balaban J connectivity index is 1.86. The number of rotatable bonds is 5. The number of benzene rings is 1. The Morgan fingerprint density at radius 2 is 2.04 bits per heavy atom. The van der Waals surface area contributed by atoms with Crippen LogP contribution < -0.4 is 0 Å². The summed E-state index contributed by atoms with van der Waals surface area (Å²) in [5.41, 5.74) is 3.58. The first-order valence-electron chi connectivity index (χ1n) is 7.11. The molecule has 0 saturated carbocycles. The SMILES string of the molecule is COC(=O)[C@H](Cc1ccc(C)cc1)Sc1ncnc2nc[nH]c12. The van der Waals surface area contributed by atoms with Crippen LogP contribution in [-0.4, -0.2) is 38.3 Å². The maximum absolute atomic E-state index is 12.1. The van der Waals surface area contributed by atoms with Gasteiger partial charge in [-0.15, -0.1) is 0 Å². The molecular weight excluding hydrogens is 312 g/mol. The lowest BCUT2D eigenvalue weighted by molar-refractivity contribution is -0.139. The molecule has 0 aliphatic heterocycles. The minimum atomic E-state index is -0.385. The molecule has 3 rings (SSSR count). The van der Waals surface area contributed by atoms with Crippen LogP contribution in [0.1, 0.15) is 11.1 Å². The number of hydrogen-bond acceptors (Lipinski definition) is 6. The van der Waals surface area contributed by atoms with E-state index in [1.54, 1.807) is 6.33 Å². The van der Waals surface area contributed by atoms with E-state index in [1.165, 1.54) is 30.8 Å². The number of methoxy groups -OCH3 is 1. The summed E-state index contributed by atoms with van der Waals surface area (Å²) in [5.74, 6) is -0.276. The normalized spacial score (nSPS) is 12.3. The maximum atomic E-state index is 12.1. The van der Waals surface area contributed by atoms with Crippen molar-refractivity contribution in [3.05, 3.63) is 48.0 Å². The molecule has 23 heavy (non-hydrogen) atoms. The van der Waals surface area contributed by atoms with E-state index in [-0.39, 0.29) is 11.2 Å². The van der Waals surface area contributed by atoms with Crippen LogP contribution in [0.5, 0.6) is 0 Å². The quantitative estimate of drug-likeness (QED) is 0.440. The lowest BCUT2D eigenvalue weighted by Gasteiger charge is -2.14. The molecule has 6 nitrogen and oxygen atoms in total. The van der Waals surface area contributed by atoms with Gasteiger partial charge in [0.05, 0.1) is 13.4 Å². The van der Waals surface area contributed by atoms with E-state index in [0.29, 0.717) is 17.1 Å². The first kappa shape index (κ1) is 15.5. The van der Waals surface area contributed by atoms with Gasteiger partial charge in [0.15, 0.2) is 5.65 Å². The summed E-state index contributed by atoms with van der Waals surface area (Å²) in [5, 5.41) is 0.305. The van der Waals surface area contributed by atoms with Crippen molar-refractivity contribution >= 4 is 28.9 Å². The highest BCUT2D eigenvalue weighted by atomic mass is 32.2. The van der Waals surface area contributed by atoms with Crippen LogP contribution in [0, 0.1) is 6.92 Å². The van der Waals surface area contributed by atoms with Crippen molar-refractivity contribution in [2.75, 3.05) is 7.11 Å². The van der Waals surface area contributed by atoms with Crippen LogP contribution in [0.25, 0.3) is 11.2 Å². The lowest BCUT2D eigenvalue weighted by Crippen LogP contribution is -2.21. The zero-order valence-corrected chi connectivity index (χ0v) is 13.6. The standard InChI is InChI=1S/C16H16N4O2S/c1-10-3-5-11(6-4-10)7-12(16(21)22-2)23-15-13-14(18-8-17-13)19-9-20-15/h3-6,8-9,12H,7H2,1-2H3,(H,17,18,19,20)/t12-/m0/s1. The Kier molecular flexibility index (Phi) is 4.57. The third kappa shape index (κ3) is 3.50. The molecule has 1 N–H and O–H groups in total. The molecule has 0 bridgehead atoms. The topological polar surface area (TPSA) is 80.8 Å². The number of nitrogens with one attached hydrogen (secondary N) is 1. The highest BCUT2D eigenvalue weighted by Crippen LogP contribution is 2.29. The Morgan fingerprint density at radius 1 is 1.26 bits per heavy atom. The molecular formula is C16H16N4O2S. The first-order valence-corrected chi connectivity index (χ1v) is 7.99. The van der Waals surface area contributed by atoms with Crippen LogP contribution in [0.4, 0.5) is 0 Å². The molecule has 0 aliphatic carbocycles. The molecule has 0 amide bonds. The second kappa shape index (κ2) is 6.78. The summed E-state index contributed by atoms with van der Waals surface area (Å²) in [6, 6.07) is 8.12. The van der Waals surface area contributed by atoms with Crippen LogP contribution in [0.15, 0.2) is 41.9 Å². The monoisotopic (exact) mass is 328 g/mol. The Labute approximate surface area is 137 Å². The Bertz CT molecular complexity index is 816. The molecule has 1 atom stereocenters. The highest BCUT2D eigenvalue weighted by molar-refractivity contribution is 8.00. The van der Waals surface area contributed by atoms with Crippen molar-refractivity contribution in [1.82, 2.24) is 19.9 Å². The summed E-state index contributed by atoms with van der Waals surface area (Å²) in [4.78, 5) is 27.6. The molecule has 0 fully saturated rings. The summed E-state index contributed by atoms with van der Waals surface area (Å²) in [6.07, 6.45) is 3.58. The van der Waals surface area contributed by atoms with E-state index in [0.717, 1.165) is 11.1 Å². The molecule has 0 aliphatic rings. The van der Waals surface area contributed by atoms with Crippen LogP contribution in [0.2, 0.25) is 0 Å². The fourth-order valence-electron chi connectivity index (χ4n) is 2.21. The number of esters is 1. The number of imidazole rings is 1. The zero-order chi connectivity index (χ0) is 16.2. The van der Waals surface area contributed by atoms with Crippen molar-refractivity contribution in [3.8, 4) is 0 Å². The third-order valence-corrected chi connectivity index (χ3v) is 4.62. The van der Waals surface area contributed by atoms with Crippen LogP contribution in [-0.2, 0) is 16.0 Å². The van der Waals surface area contributed by atoms with E-state index in [9.17, 15) is 4.79 Å². The number of nitrogens with zero attached hydrogens (tertiary/aromatic N) is 3. The largest absolute Gasteiger partial charge is 0.468 e. The molecule has 2 aromatic heterocycles. The van der Waals surface area contributed by atoms with Gasteiger partial charge in [0.25, 0.3) is 0 Å². The minimum Gasteiger partial charge on any atom is -0.468 e. The molecule has 0 spiro atoms. The number of thioether (sulfide) groups is 1. The number of aryl methyl sites for hydroxylation is 1.